The minimum Gasteiger partial charge on any atom is -0.454 e. The number of pyridine rings is 6. The van der Waals surface area contributed by atoms with Crippen LogP contribution in [0.3, 0.4) is 0 Å². The van der Waals surface area contributed by atoms with Gasteiger partial charge in [0.25, 0.3) is 0 Å². The van der Waals surface area contributed by atoms with Crippen molar-refractivity contribution in [3.63, 3.8) is 0 Å². The van der Waals surface area contributed by atoms with Crippen LogP contribution in [0, 0.1) is 0 Å². The summed E-state index contributed by atoms with van der Waals surface area (Å²) in [5.41, 5.74) is 8.95. The minimum atomic E-state index is -0.678. The second-order valence-corrected chi connectivity index (χ2v) is 37.7. The maximum absolute atomic E-state index is 12.1. The highest BCUT2D eigenvalue weighted by Crippen LogP contribution is 2.36. The number of halogens is 19. The Morgan fingerprint density at radius 1 is 0.228 bits per heavy atom. The van der Waals surface area contributed by atoms with E-state index < -0.39 is 35.8 Å². The lowest BCUT2D eigenvalue weighted by Gasteiger charge is -2.04. The summed E-state index contributed by atoms with van der Waals surface area (Å²) in [5.74, 6) is -1.62. The average molecular weight is 2470 g/mol. The third kappa shape index (κ3) is 32.4. The molecule has 18 aromatic rings. The number of rotatable bonds is 24. The van der Waals surface area contributed by atoms with E-state index in [9.17, 15) is 28.8 Å². The lowest BCUT2D eigenvalue weighted by molar-refractivity contribution is 0.0429. The first kappa shape index (κ1) is 111. The average Bonchev–Trinajstić information content (AvgIpc) is 1.71. The summed E-state index contributed by atoms with van der Waals surface area (Å²) >= 11 is 104. The van der Waals surface area contributed by atoms with Gasteiger partial charge in [-0.05, 0) is 103 Å². The molecule has 0 amide bonds. The number of aromatic nitrogens is 12. The SMILES string of the molecule is O=C(OCc1cc(-c2ccc(Br)cc2)no1)c1cc(Cl)cnc1Cl.O=C(OCc1cc(-c2ccc(Cl)cc2)no1)c1cc(Cl)cnc1Cl.O=C(OCc1cc(-c2ccc(Cl)cc2Cl)no1)c1cc(Cl)cnc1Cl.O=C(OCc1cc(-c2cccc(Br)c2)no1)c1cc(Cl)cnc1Cl.O=C(OCc1cc(-c2ccccc2Br)no1)c1cc(Cl)cnc1Cl.O=C(OCc1cc(-c2ccccc2Cl)no1)c1cc(Cl)cnc1Cl. The lowest BCUT2D eigenvalue weighted by Crippen LogP contribution is -2.06. The van der Waals surface area contributed by atoms with Crippen molar-refractivity contribution in [3.8, 4) is 67.5 Å². The molecule has 145 heavy (non-hydrogen) atoms. The largest absolute Gasteiger partial charge is 0.454 e. The predicted octanol–water partition coefficient (Wildman–Crippen LogP) is 31.3. The van der Waals surface area contributed by atoms with E-state index in [1.807, 2.05) is 103 Å². The zero-order valence-electron chi connectivity index (χ0n) is 72.3. The van der Waals surface area contributed by atoms with E-state index in [1.165, 1.54) is 73.6 Å². The van der Waals surface area contributed by atoms with Crippen molar-refractivity contribution >= 4 is 269 Å². The van der Waals surface area contributed by atoms with Gasteiger partial charge in [0.1, 0.15) is 65.1 Å². The highest BCUT2D eigenvalue weighted by molar-refractivity contribution is 9.11. The van der Waals surface area contributed by atoms with Crippen molar-refractivity contribution in [2.45, 2.75) is 39.6 Å². The Morgan fingerprint density at radius 3 is 0.807 bits per heavy atom. The molecule has 0 spiro atoms. The molecule has 738 valence electrons. The molecule has 0 atom stereocenters. The van der Waals surface area contributed by atoms with Gasteiger partial charge in [0.2, 0.25) is 0 Å². The van der Waals surface area contributed by atoms with Crippen LogP contribution >= 0.6 is 233 Å². The van der Waals surface area contributed by atoms with Gasteiger partial charge >= 0.3 is 35.8 Å². The standard InChI is InChI=1S/3C16H9BrCl2N2O3.C16H8Cl4N2O3.2C16H9Cl3N2O3/c17-10-3-1-9(2-4-10)14-6-12(24-21-14)8-23-16(22)13-5-11(18)7-20-15(13)19;17-10-3-1-2-9(4-10)14-6-12(24-21-14)8-23-16(22)13-5-11(18)7-20-15(13)19;17-13-4-2-1-3-11(13)14-6-10(24-21-14)8-23-16(22)12-5-9(18)7-20-15(12)19;17-8-1-2-11(13(19)4-8)14-5-10(25-22-14)7-24-16(23)12-3-9(18)6-21-15(12)20;17-10-3-1-9(2-4-10)14-6-12(24-21-14)8-23-16(22)13-5-11(18)7-20-15(13)19;17-9-5-12(15(19)20-7-9)16(22)23-8-10-6-14(21-24-10)11-3-1-2-4-13(11)18/h3*1-7H,8H2;1-6H,7H2;2*1-7H,8H2. The topological polar surface area (TPSA) is 391 Å². The molecule has 0 aliphatic carbocycles. The Morgan fingerprint density at radius 2 is 0.497 bits per heavy atom. The van der Waals surface area contributed by atoms with Gasteiger partial charge in [-0.15, -0.1) is 0 Å². The number of benzene rings is 6. The summed E-state index contributed by atoms with van der Waals surface area (Å²) in [4.78, 5) is 95.0. The van der Waals surface area contributed by atoms with Crippen LogP contribution in [-0.2, 0) is 68.1 Å². The second-order valence-electron chi connectivity index (χ2n) is 28.6. The van der Waals surface area contributed by atoms with Gasteiger partial charge in [-0.3, -0.25) is 0 Å². The first-order valence-electron chi connectivity index (χ1n) is 40.5. The molecule has 0 bridgehead atoms. The molecule has 0 radical (unpaired) electrons. The maximum Gasteiger partial charge on any atom is 0.341 e. The van der Waals surface area contributed by atoms with Crippen LogP contribution in [0.4, 0.5) is 0 Å². The maximum atomic E-state index is 12.1. The molecular formula is C96H53Br3Cl16N12O18. The molecule has 0 aliphatic rings. The first-order valence-corrected chi connectivity index (χ1v) is 48.9. The van der Waals surface area contributed by atoms with Crippen LogP contribution in [0.15, 0.2) is 290 Å². The molecule has 12 heterocycles. The molecule has 6 aromatic carbocycles. The molecule has 0 saturated carbocycles. The third-order valence-electron chi connectivity index (χ3n) is 18.5. The fraction of sp³-hybridized carbons (Fsp3) is 0.0625. The highest BCUT2D eigenvalue weighted by atomic mass is 79.9. The van der Waals surface area contributed by atoms with Gasteiger partial charge in [-0.1, -0.05) is 337 Å². The Balaban J connectivity index is 0.000000146. The van der Waals surface area contributed by atoms with Crippen LogP contribution in [0.2, 0.25) is 81.1 Å². The number of hydrogen-bond donors (Lipinski definition) is 0. The second kappa shape index (κ2) is 53.6. The molecule has 0 unspecified atom stereocenters. The summed E-state index contributed by atoms with van der Waals surface area (Å²) in [6, 6.07) is 60.5. The van der Waals surface area contributed by atoms with Gasteiger partial charge < -0.3 is 55.6 Å². The summed E-state index contributed by atoms with van der Waals surface area (Å²) in [6.45, 7) is -0.589. The van der Waals surface area contributed by atoms with Crippen molar-refractivity contribution in [2.75, 3.05) is 0 Å². The quantitative estimate of drug-likeness (QED) is 0.0308. The predicted molar refractivity (Wildman–Crippen MR) is 555 cm³/mol. The van der Waals surface area contributed by atoms with Gasteiger partial charge in [-0.2, -0.15) is 0 Å². The van der Waals surface area contributed by atoms with E-state index in [1.54, 1.807) is 72.8 Å². The van der Waals surface area contributed by atoms with Gasteiger partial charge in [0.05, 0.1) is 73.6 Å². The molecule has 30 nitrogen and oxygen atoms in total. The Bertz CT molecular complexity index is 7400. The number of nitrogens with zero attached hydrogens (tertiary/aromatic N) is 12. The van der Waals surface area contributed by atoms with Gasteiger partial charge in [-0.25, -0.2) is 58.7 Å². The molecule has 12 aromatic heterocycles. The number of hydrogen-bond acceptors (Lipinski definition) is 30. The Kier molecular flexibility index (Phi) is 40.9. The van der Waals surface area contributed by atoms with E-state index in [0.717, 1.165) is 41.2 Å². The fourth-order valence-electron chi connectivity index (χ4n) is 11.7. The van der Waals surface area contributed by atoms with Crippen LogP contribution in [0.5, 0.6) is 0 Å². The molecule has 0 N–H and O–H groups in total. The van der Waals surface area contributed by atoms with Crippen molar-refractivity contribution in [1.29, 1.82) is 0 Å². The normalized spacial score (nSPS) is 10.6. The van der Waals surface area contributed by atoms with E-state index >= 15 is 0 Å². The Labute approximate surface area is 924 Å². The number of ether oxygens (including phenoxy) is 6. The summed E-state index contributed by atoms with van der Waals surface area (Å²) < 4.78 is 64.7. The number of carbonyl (C=O) groups excluding carboxylic acids is 6. The zero-order valence-corrected chi connectivity index (χ0v) is 89.2. The molecule has 0 saturated heterocycles. The summed E-state index contributed by atoms with van der Waals surface area (Å²) in [6.07, 6.45) is 8.06. The number of esters is 6. The third-order valence-corrected chi connectivity index (χ3v) is 24.4. The molecule has 0 fully saturated rings. The molecular weight excluding hydrogens is 2420 g/mol. The van der Waals surface area contributed by atoms with Gasteiger partial charge in [0.15, 0.2) is 74.2 Å². The van der Waals surface area contributed by atoms with Crippen LogP contribution in [0.1, 0.15) is 96.7 Å². The van der Waals surface area contributed by atoms with Crippen LogP contribution in [-0.4, -0.2) is 96.7 Å². The van der Waals surface area contributed by atoms with Crippen LogP contribution < -0.4 is 0 Å². The first-order chi connectivity index (χ1) is 69.6. The van der Waals surface area contributed by atoms with Crippen LogP contribution in [0.25, 0.3) is 67.5 Å². The lowest BCUT2D eigenvalue weighted by atomic mass is 10.1. The van der Waals surface area contributed by atoms with Crippen molar-refractivity contribution in [1.82, 2.24) is 60.8 Å². The van der Waals surface area contributed by atoms with Gasteiger partial charge in [0, 0.05) is 130 Å². The van der Waals surface area contributed by atoms with E-state index in [4.69, 9.17) is 241 Å². The highest BCUT2D eigenvalue weighted by Gasteiger charge is 2.25. The van der Waals surface area contributed by atoms with E-state index in [2.05, 4.69) is 109 Å². The summed E-state index contributed by atoms with van der Waals surface area (Å²) in [5, 5.41) is 27.6. The van der Waals surface area contributed by atoms with E-state index in [-0.39, 0.29) is 119 Å². The Hall–Kier alpha value is -11.6. The number of carbonyl (C=O) groups is 6. The van der Waals surface area contributed by atoms with E-state index in [0.29, 0.717) is 109 Å². The summed E-state index contributed by atoms with van der Waals surface area (Å²) in [7, 11) is 0. The fourth-order valence-corrected chi connectivity index (χ4v) is 15.7. The molecule has 49 heteroatoms. The zero-order chi connectivity index (χ0) is 103. The smallest absolute Gasteiger partial charge is 0.341 e. The van der Waals surface area contributed by atoms with Crippen molar-refractivity contribution < 1.29 is 84.3 Å². The molecule has 18 rings (SSSR count). The van der Waals surface area contributed by atoms with Crippen molar-refractivity contribution in [2.24, 2.45) is 0 Å². The minimum absolute atomic E-state index is 0.000560. The van der Waals surface area contributed by atoms with Crippen molar-refractivity contribution in [3.05, 3.63) is 412 Å². The molecule has 0 aliphatic heterocycles. The monoisotopic (exact) mass is 2460 g/mol.